The van der Waals surface area contributed by atoms with E-state index in [1.54, 1.807) is 6.92 Å². The van der Waals surface area contributed by atoms with Gasteiger partial charge in [-0.15, -0.1) is 0 Å². The van der Waals surface area contributed by atoms with E-state index >= 15 is 0 Å². The van der Waals surface area contributed by atoms with Gasteiger partial charge >= 0.3 is 5.97 Å². The van der Waals surface area contributed by atoms with Crippen molar-refractivity contribution in [3.05, 3.63) is 0 Å². The van der Waals surface area contributed by atoms with Crippen molar-refractivity contribution in [3.8, 4) is 0 Å². The molecule has 126 valence electrons. The van der Waals surface area contributed by atoms with Gasteiger partial charge in [-0.1, -0.05) is 27.7 Å². The topological polar surface area (TPSA) is 55.8 Å². The molecule has 0 saturated heterocycles. The summed E-state index contributed by atoms with van der Waals surface area (Å²) in [6, 6.07) is 0. The fourth-order valence-corrected chi connectivity index (χ4v) is 2.45. The van der Waals surface area contributed by atoms with Crippen molar-refractivity contribution in [2.45, 2.75) is 53.0 Å². The Morgan fingerprint density at radius 3 is 2.00 bits per heavy atom. The minimum absolute atomic E-state index is 0.553. The molecular weight excluding hydrogens is 266 g/mol. The Labute approximate surface area is 130 Å². The van der Waals surface area contributed by atoms with Crippen LogP contribution >= 0.6 is 0 Å². The molecule has 0 aromatic rings. The van der Waals surface area contributed by atoms with E-state index in [4.69, 9.17) is 0 Å². The lowest BCUT2D eigenvalue weighted by Crippen LogP contribution is -2.57. The Balaban J connectivity index is 4.40. The van der Waals surface area contributed by atoms with Crippen LogP contribution in [0.1, 0.15) is 47.5 Å². The second kappa shape index (κ2) is 11.0. The van der Waals surface area contributed by atoms with Crippen LogP contribution in [0.4, 0.5) is 0 Å². The number of aliphatic carboxylic acids is 1. The number of carboxylic acid groups (broad SMARTS) is 1. The molecule has 1 atom stereocenters. The standard InChI is InChI=1S/C16H35N3O2/c1-6-11-17-16(5,15(20)21)14-19(9-4)13-10-12-18(7-2)8-3/h17H,6-14H2,1-5H3,(H,20,21). The van der Waals surface area contributed by atoms with Crippen LogP contribution in [0.5, 0.6) is 0 Å². The van der Waals surface area contributed by atoms with Crippen LogP contribution in [0.25, 0.3) is 0 Å². The average Bonchev–Trinajstić information content (AvgIpc) is 2.48. The number of carbonyl (C=O) groups is 1. The van der Waals surface area contributed by atoms with Gasteiger partial charge in [0.25, 0.3) is 0 Å². The van der Waals surface area contributed by atoms with Crippen LogP contribution in [0.2, 0.25) is 0 Å². The summed E-state index contributed by atoms with van der Waals surface area (Å²) < 4.78 is 0. The zero-order chi connectivity index (χ0) is 16.3. The summed E-state index contributed by atoms with van der Waals surface area (Å²) in [5, 5.41) is 12.7. The lowest BCUT2D eigenvalue weighted by molar-refractivity contribution is -0.145. The predicted molar refractivity (Wildman–Crippen MR) is 88.9 cm³/mol. The largest absolute Gasteiger partial charge is 0.480 e. The predicted octanol–water partition coefficient (Wildman–Crippen LogP) is 1.88. The second-order valence-electron chi connectivity index (χ2n) is 5.81. The van der Waals surface area contributed by atoms with Gasteiger partial charge in [-0.2, -0.15) is 0 Å². The van der Waals surface area contributed by atoms with Crippen LogP contribution in [0.15, 0.2) is 0 Å². The lowest BCUT2D eigenvalue weighted by Gasteiger charge is -2.33. The van der Waals surface area contributed by atoms with Gasteiger partial charge in [0.1, 0.15) is 5.54 Å². The maximum atomic E-state index is 11.6. The number of nitrogens with zero attached hydrogens (tertiary/aromatic N) is 2. The Hall–Kier alpha value is -0.650. The molecule has 0 radical (unpaired) electrons. The molecular formula is C16H35N3O2. The lowest BCUT2D eigenvalue weighted by atomic mass is 10.0. The molecule has 2 N–H and O–H groups in total. The number of likely N-dealkylation sites (N-methyl/N-ethyl adjacent to an activating group) is 1. The molecule has 0 fully saturated rings. The van der Waals surface area contributed by atoms with Crippen molar-refractivity contribution < 1.29 is 9.90 Å². The normalized spacial score (nSPS) is 14.6. The smallest absolute Gasteiger partial charge is 0.324 e. The van der Waals surface area contributed by atoms with E-state index in [0.717, 1.165) is 52.1 Å². The molecule has 0 saturated carbocycles. The van der Waals surface area contributed by atoms with E-state index in [0.29, 0.717) is 6.54 Å². The van der Waals surface area contributed by atoms with Gasteiger partial charge in [-0.3, -0.25) is 4.79 Å². The summed E-state index contributed by atoms with van der Waals surface area (Å²) in [5.74, 6) is -0.766. The summed E-state index contributed by atoms with van der Waals surface area (Å²) in [5.41, 5.74) is -0.860. The molecule has 0 aliphatic rings. The van der Waals surface area contributed by atoms with Crippen LogP contribution in [0.3, 0.4) is 0 Å². The molecule has 21 heavy (non-hydrogen) atoms. The average molecular weight is 301 g/mol. The molecule has 5 heteroatoms. The molecule has 1 unspecified atom stereocenters. The van der Waals surface area contributed by atoms with E-state index in [1.807, 2.05) is 0 Å². The zero-order valence-electron chi connectivity index (χ0n) is 14.6. The fraction of sp³-hybridized carbons (Fsp3) is 0.938. The van der Waals surface area contributed by atoms with Crippen molar-refractivity contribution in [1.82, 2.24) is 15.1 Å². The van der Waals surface area contributed by atoms with Crippen LogP contribution in [0, 0.1) is 0 Å². The highest BCUT2D eigenvalue weighted by atomic mass is 16.4. The first kappa shape index (κ1) is 20.3. The summed E-state index contributed by atoms with van der Waals surface area (Å²) in [4.78, 5) is 16.2. The van der Waals surface area contributed by atoms with Gasteiger partial charge in [-0.25, -0.2) is 0 Å². The Morgan fingerprint density at radius 2 is 1.57 bits per heavy atom. The van der Waals surface area contributed by atoms with E-state index in [1.165, 1.54) is 0 Å². The first-order valence-electron chi connectivity index (χ1n) is 8.36. The third kappa shape index (κ3) is 7.79. The van der Waals surface area contributed by atoms with E-state index in [2.05, 4.69) is 42.8 Å². The van der Waals surface area contributed by atoms with Gasteiger partial charge < -0.3 is 20.2 Å². The highest BCUT2D eigenvalue weighted by molar-refractivity contribution is 5.78. The van der Waals surface area contributed by atoms with Gasteiger partial charge in [0.2, 0.25) is 0 Å². The molecule has 0 aromatic carbocycles. The summed E-state index contributed by atoms with van der Waals surface area (Å²) >= 11 is 0. The van der Waals surface area contributed by atoms with Gasteiger partial charge in [0, 0.05) is 6.54 Å². The number of hydrogen-bond donors (Lipinski definition) is 2. The number of rotatable bonds is 13. The van der Waals surface area contributed by atoms with Crippen molar-refractivity contribution >= 4 is 5.97 Å². The Kier molecular flexibility index (Phi) is 10.6. The van der Waals surface area contributed by atoms with Crippen LogP contribution in [-0.4, -0.2) is 72.2 Å². The molecule has 5 nitrogen and oxygen atoms in total. The number of hydrogen-bond acceptors (Lipinski definition) is 4. The van der Waals surface area contributed by atoms with E-state index in [-0.39, 0.29) is 0 Å². The highest BCUT2D eigenvalue weighted by Gasteiger charge is 2.33. The van der Waals surface area contributed by atoms with E-state index < -0.39 is 11.5 Å². The van der Waals surface area contributed by atoms with Gasteiger partial charge in [0.15, 0.2) is 0 Å². The van der Waals surface area contributed by atoms with Crippen molar-refractivity contribution in [3.63, 3.8) is 0 Å². The summed E-state index contributed by atoms with van der Waals surface area (Å²) in [7, 11) is 0. The monoisotopic (exact) mass is 301 g/mol. The van der Waals surface area contributed by atoms with E-state index in [9.17, 15) is 9.90 Å². The van der Waals surface area contributed by atoms with Crippen molar-refractivity contribution in [2.75, 3.05) is 45.8 Å². The molecule has 0 spiro atoms. The molecule has 0 heterocycles. The maximum absolute atomic E-state index is 11.6. The fourth-order valence-electron chi connectivity index (χ4n) is 2.45. The van der Waals surface area contributed by atoms with Gasteiger partial charge in [-0.05, 0) is 59.0 Å². The quantitative estimate of drug-likeness (QED) is 0.544. The maximum Gasteiger partial charge on any atom is 0.324 e. The molecule has 0 amide bonds. The molecule has 0 aliphatic heterocycles. The number of carboxylic acids is 1. The minimum Gasteiger partial charge on any atom is -0.480 e. The third-order valence-corrected chi connectivity index (χ3v) is 4.07. The van der Waals surface area contributed by atoms with Gasteiger partial charge in [0.05, 0.1) is 0 Å². The highest BCUT2D eigenvalue weighted by Crippen LogP contribution is 2.09. The minimum atomic E-state index is -0.860. The van der Waals surface area contributed by atoms with Crippen LogP contribution < -0.4 is 5.32 Å². The second-order valence-corrected chi connectivity index (χ2v) is 5.81. The Morgan fingerprint density at radius 1 is 1.05 bits per heavy atom. The van der Waals surface area contributed by atoms with Crippen molar-refractivity contribution in [1.29, 1.82) is 0 Å². The molecule has 0 aliphatic carbocycles. The molecule has 0 rings (SSSR count). The molecule has 0 bridgehead atoms. The Bertz CT molecular complexity index is 283. The van der Waals surface area contributed by atoms with Crippen LogP contribution in [-0.2, 0) is 4.79 Å². The first-order chi connectivity index (χ1) is 9.93. The number of nitrogens with one attached hydrogen (secondary N) is 1. The molecule has 0 aromatic heterocycles. The SMILES string of the molecule is CCCNC(C)(CN(CC)CCCN(CC)CC)C(=O)O. The zero-order valence-corrected chi connectivity index (χ0v) is 14.6. The third-order valence-electron chi connectivity index (χ3n) is 4.07. The first-order valence-corrected chi connectivity index (χ1v) is 8.36. The van der Waals surface area contributed by atoms with Crippen molar-refractivity contribution in [2.24, 2.45) is 0 Å². The summed E-state index contributed by atoms with van der Waals surface area (Å²) in [6.45, 7) is 16.6. The summed E-state index contributed by atoms with van der Waals surface area (Å²) in [6.07, 6.45) is 2.02.